The lowest BCUT2D eigenvalue weighted by atomic mass is 9.85. The van der Waals surface area contributed by atoms with E-state index in [9.17, 15) is 4.79 Å². The number of carboxylic acid groups (broad SMARTS) is 1. The van der Waals surface area contributed by atoms with Crippen molar-refractivity contribution < 1.29 is 19.4 Å². The Morgan fingerprint density at radius 1 is 0.915 bits per heavy atom. The number of anilines is 2. The average molecular weight is 805 g/mol. The number of urea groups is 1. The van der Waals surface area contributed by atoms with E-state index in [1.165, 1.54) is 18.4 Å². The van der Waals surface area contributed by atoms with Crippen molar-refractivity contribution in [2.24, 2.45) is 0 Å². The third-order valence-corrected chi connectivity index (χ3v) is 11.8. The lowest BCUT2D eigenvalue weighted by molar-refractivity contribution is -0.122. The molecule has 14 nitrogen and oxygen atoms in total. The number of pyridine rings is 1. The van der Waals surface area contributed by atoms with Crippen molar-refractivity contribution in [2.75, 3.05) is 56.5 Å². The van der Waals surface area contributed by atoms with Gasteiger partial charge in [-0.25, -0.2) is 9.48 Å². The fourth-order valence-corrected chi connectivity index (χ4v) is 8.51. The summed E-state index contributed by atoms with van der Waals surface area (Å²) in [5, 5.41) is 27.4. The maximum absolute atomic E-state index is 13.9. The number of carbonyl (C=O) groups excluding carboxylic acids is 1. The summed E-state index contributed by atoms with van der Waals surface area (Å²) < 4.78 is 10.6. The number of hydrogen-bond donors (Lipinski definition) is 3. The van der Waals surface area contributed by atoms with Crippen molar-refractivity contribution in [2.45, 2.75) is 96.2 Å². The second-order valence-electron chi connectivity index (χ2n) is 17.2. The van der Waals surface area contributed by atoms with Crippen LogP contribution in [0, 0.1) is 0 Å². The molecule has 5 aromatic rings. The summed E-state index contributed by atoms with van der Waals surface area (Å²) in [6.07, 6.45) is 9.10. The molecule has 2 aromatic carbocycles. The van der Waals surface area contributed by atoms with Crippen LogP contribution in [-0.4, -0.2) is 104 Å². The van der Waals surface area contributed by atoms with Gasteiger partial charge < -0.3 is 29.9 Å². The zero-order valence-electron chi connectivity index (χ0n) is 35.2. The van der Waals surface area contributed by atoms with Crippen molar-refractivity contribution in [1.29, 1.82) is 0 Å². The van der Waals surface area contributed by atoms with E-state index in [1.54, 1.807) is 0 Å². The van der Waals surface area contributed by atoms with E-state index < -0.39 is 0 Å². The van der Waals surface area contributed by atoms with Crippen molar-refractivity contribution in [3.8, 4) is 11.4 Å². The second kappa shape index (κ2) is 18.6. The molecule has 3 aromatic heterocycles. The Labute approximate surface area is 347 Å². The van der Waals surface area contributed by atoms with Crippen molar-refractivity contribution >= 4 is 29.9 Å². The first-order valence-electron chi connectivity index (χ1n) is 21.1. The summed E-state index contributed by atoms with van der Waals surface area (Å²) in [7, 11) is 2.21. The minimum atomic E-state index is -0.259. The molecular weight excluding hydrogens is 745 g/mol. The van der Waals surface area contributed by atoms with Crippen LogP contribution in [0.15, 0.2) is 72.9 Å². The fraction of sp³-hybridized carbons (Fsp3) is 0.489. The molecule has 2 aliphatic heterocycles. The number of likely N-dealkylation sites (N-methyl/N-ethyl adjacent to an activating group) is 1. The van der Waals surface area contributed by atoms with Gasteiger partial charge in [0.15, 0.2) is 5.65 Å². The smallest absolute Gasteiger partial charge is 0.320 e. The van der Waals surface area contributed by atoms with Crippen LogP contribution in [0.5, 0.6) is 5.75 Å². The van der Waals surface area contributed by atoms with Gasteiger partial charge in [-0.05, 0) is 113 Å². The predicted molar refractivity (Wildman–Crippen MR) is 231 cm³/mol. The number of aromatic nitrogens is 5. The van der Waals surface area contributed by atoms with Crippen LogP contribution in [0.2, 0.25) is 0 Å². The first kappa shape index (κ1) is 41.7. The Balaban J connectivity index is 0.00000171. The van der Waals surface area contributed by atoms with Gasteiger partial charge in [0, 0.05) is 43.7 Å². The molecule has 3 N–H and O–H groups in total. The number of ether oxygens (including phenoxy) is 1. The number of hydrogen-bond acceptors (Lipinski definition) is 9. The van der Waals surface area contributed by atoms with Gasteiger partial charge in [0.05, 0.1) is 23.6 Å². The quantitative estimate of drug-likeness (QED) is 0.130. The highest BCUT2D eigenvalue weighted by molar-refractivity contribution is 5.89. The number of nitrogens with one attached hydrogen (secondary N) is 2. The summed E-state index contributed by atoms with van der Waals surface area (Å²) >= 11 is 0. The molecule has 1 aliphatic carbocycles. The monoisotopic (exact) mass is 804 g/mol. The van der Waals surface area contributed by atoms with E-state index in [-0.39, 0.29) is 30.1 Å². The number of amides is 2. The van der Waals surface area contributed by atoms with Gasteiger partial charge in [-0.1, -0.05) is 57.2 Å². The van der Waals surface area contributed by atoms with Crippen LogP contribution >= 0.6 is 0 Å². The highest BCUT2D eigenvalue weighted by Crippen LogP contribution is 2.39. The molecule has 314 valence electrons. The summed E-state index contributed by atoms with van der Waals surface area (Å²) in [5.74, 6) is 2.29. The number of carbonyl (C=O) groups is 2. The van der Waals surface area contributed by atoms with E-state index in [1.807, 2.05) is 41.2 Å². The highest BCUT2D eigenvalue weighted by atomic mass is 16.5. The van der Waals surface area contributed by atoms with Gasteiger partial charge >= 0.3 is 6.03 Å². The van der Waals surface area contributed by atoms with E-state index in [2.05, 4.69) is 111 Å². The fourth-order valence-electron chi connectivity index (χ4n) is 8.51. The Hall–Kier alpha value is -5.47. The van der Waals surface area contributed by atoms with Crippen LogP contribution in [0.3, 0.4) is 0 Å². The maximum atomic E-state index is 13.9. The molecule has 59 heavy (non-hydrogen) atoms. The lowest BCUT2D eigenvalue weighted by Crippen LogP contribution is -2.38. The number of benzene rings is 2. The Kier molecular flexibility index (Phi) is 13.2. The molecule has 3 aliphatic rings. The third kappa shape index (κ3) is 10.0. The van der Waals surface area contributed by atoms with Gasteiger partial charge in [0.25, 0.3) is 6.47 Å². The molecule has 0 bridgehead atoms. The first-order valence-corrected chi connectivity index (χ1v) is 21.1. The molecule has 0 unspecified atom stereocenters. The van der Waals surface area contributed by atoms with Gasteiger partial charge in [0.1, 0.15) is 17.7 Å². The molecule has 2 amide bonds. The summed E-state index contributed by atoms with van der Waals surface area (Å²) in [6, 6.07) is 22.8. The molecule has 0 saturated carbocycles. The highest BCUT2D eigenvalue weighted by Gasteiger charge is 2.31. The van der Waals surface area contributed by atoms with Crippen LogP contribution in [-0.2, 0) is 16.6 Å². The molecule has 0 radical (unpaired) electrons. The number of fused-ring (bicyclic) bond motifs is 2. The normalized spacial score (nSPS) is 20.2. The van der Waals surface area contributed by atoms with Crippen molar-refractivity contribution in [3.63, 3.8) is 0 Å². The maximum Gasteiger partial charge on any atom is 0.320 e. The van der Waals surface area contributed by atoms with Gasteiger partial charge in [-0.2, -0.15) is 5.10 Å². The molecular formula is C45H60N10O4. The van der Waals surface area contributed by atoms with Gasteiger partial charge in [-0.15, -0.1) is 10.2 Å². The largest absolute Gasteiger partial charge is 0.484 e. The van der Waals surface area contributed by atoms with Crippen LogP contribution in [0.25, 0.3) is 11.3 Å². The molecule has 0 spiro atoms. The molecule has 2 saturated heterocycles. The van der Waals surface area contributed by atoms with E-state index >= 15 is 0 Å². The first-order chi connectivity index (χ1) is 28.5. The third-order valence-electron chi connectivity index (χ3n) is 11.8. The SMILES string of the molecule is C[C@H]1CCCCN1c1nnc2ccc(O[C@@H]3CC[C@H](NC(=O)Nc4cc(C(C)(C)C)nn4-c4cccc(CCN5CCCN(C)CC5)c4)c4ccccc43)cn12.O=CO. The molecule has 2 fully saturated rings. The molecule has 3 atom stereocenters. The second-order valence-corrected chi connectivity index (χ2v) is 17.2. The van der Waals surface area contributed by atoms with E-state index in [4.69, 9.17) is 19.7 Å². The molecule has 14 heteroatoms. The van der Waals surface area contributed by atoms with Crippen LogP contribution < -0.4 is 20.3 Å². The minimum Gasteiger partial charge on any atom is -0.484 e. The summed E-state index contributed by atoms with van der Waals surface area (Å²) in [4.78, 5) is 29.6. The Morgan fingerprint density at radius 2 is 1.73 bits per heavy atom. The molecule has 5 heterocycles. The average Bonchev–Trinajstić information content (AvgIpc) is 3.78. The number of rotatable bonds is 9. The Morgan fingerprint density at radius 3 is 2.53 bits per heavy atom. The lowest BCUT2D eigenvalue weighted by Gasteiger charge is -2.33. The van der Waals surface area contributed by atoms with Gasteiger partial charge in [-0.3, -0.25) is 14.5 Å². The van der Waals surface area contributed by atoms with Crippen LogP contribution in [0.4, 0.5) is 16.6 Å². The standard InChI is InChI=1S/C44H58N10O2.CH2O2/c1-31-12-8-9-24-52(31)43-48-47-40-20-17-34(30-53(40)43)56-38-19-18-37(35-15-6-7-16-36(35)38)45-42(55)46-41-29-39(44(2,3)4)49-54(41)33-14-10-13-32(28-33)21-25-51-23-11-22-50(5)26-27-51;2-1-3/h6-7,10,13-17,20,28-31,37-38H,8-9,11-12,18-19,21-27H2,1-5H3,(H2,45,46,55);1H,(H,2,3)/t31-,37-,38+;/m0./s1. The molecule has 8 rings (SSSR count). The van der Waals surface area contributed by atoms with Gasteiger partial charge in [0.2, 0.25) is 5.95 Å². The van der Waals surface area contributed by atoms with Crippen LogP contribution in [0.1, 0.15) is 101 Å². The number of piperidine rings is 1. The summed E-state index contributed by atoms with van der Waals surface area (Å²) in [5.41, 5.74) is 5.88. The van der Waals surface area contributed by atoms with Crippen molar-refractivity contribution in [1.82, 2.24) is 39.5 Å². The number of nitrogens with zero attached hydrogens (tertiary/aromatic N) is 8. The Bertz CT molecular complexity index is 2190. The zero-order valence-corrected chi connectivity index (χ0v) is 35.2. The van der Waals surface area contributed by atoms with E-state index in [0.29, 0.717) is 11.9 Å². The van der Waals surface area contributed by atoms with Crippen molar-refractivity contribution in [3.05, 3.63) is 95.3 Å². The topological polar surface area (TPSA) is 145 Å². The minimum absolute atomic E-state index is 0.151. The predicted octanol–water partition coefficient (Wildman–Crippen LogP) is 7.25. The van der Waals surface area contributed by atoms with E-state index in [0.717, 1.165) is 111 Å². The zero-order chi connectivity index (χ0) is 41.5. The summed E-state index contributed by atoms with van der Waals surface area (Å²) in [6.45, 7) is 15.0.